The molecule has 0 aliphatic carbocycles. The molecule has 1 amide bonds. The van der Waals surface area contributed by atoms with Crippen LogP contribution >= 0.6 is 0 Å². The molecule has 0 radical (unpaired) electrons. The fraction of sp³-hybridized carbons (Fsp3) is 0.611. The number of hydrogen-bond donors (Lipinski definition) is 0. The molecule has 27 heavy (non-hydrogen) atoms. The molecule has 3 rings (SSSR count). The van der Waals surface area contributed by atoms with E-state index in [0.29, 0.717) is 19.4 Å². The number of carbonyl (C=O) groups excluding carboxylic acids is 1. The van der Waals surface area contributed by atoms with Crippen LogP contribution in [0.3, 0.4) is 0 Å². The highest BCUT2D eigenvalue weighted by Gasteiger charge is 2.41. The van der Waals surface area contributed by atoms with E-state index in [1.807, 2.05) is 6.92 Å². The van der Waals surface area contributed by atoms with Gasteiger partial charge < -0.3 is 4.90 Å². The molecule has 2 saturated heterocycles. The minimum Gasteiger partial charge on any atom is -0.339 e. The van der Waals surface area contributed by atoms with Gasteiger partial charge in [-0.3, -0.25) is 14.9 Å². The van der Waals surface area contributed by atoms with Crippen LogP contribution in [0.25, 0.3) is 0 Å². The average Bonchev–Trinajstić information content (AvgIpc) is 2.68. The summed E-state index contributed by atoms with van der Waals surface area (Å²) in [6, 6.07) is 4.40. The van der Waals surface area contributed by atoms with Crippen molar-refractivity contribution in [3.8, 4) is 0 Å². The van der Waals surface area contributed by atoms with Gasteiger partial charge in [-0.25, -0.2) is 8.42 Å². The molecule has 2 atom stereocenters. The smallest absolute Gasteiger partial charge is 0.270 e. The quantitative estimate of drug-likeness (QED) is 0.576. The predicted octanol–water partition coefficient (Wildman–Crippen LogP) is 2.54. The molecule has 2 aliphatic heterocycles. The molecular weight excluding hydrogens is 370 g/mol. The van der Waals surface area contributed by atoms with Gasteiger partial charge in [-0.05, 0) is 45.1 Å². The normalized spacial score (nSPS) is 24.6. The van der Waals surface area contributed by atoms with Crippen LogP contribution in [-0.2, 0) is 14.8 Å². The summed E-state index contributed by atoms with van der Waals surface area (Å²) in [5.41, 5.74) is -0.277. The first kappa shape index (κ1) is 19.8. The Morgan fingerprint density at radius 2 is 1.85 bits per heavy atom. The molecule has 148 valence electrons. The number of rotatable bonds is 4. The van der Waals surface area contributed by atoms with Crippen LogP contribution in [0.15, 0.2) is 29.2 Å². The first-order valence-corrected chi connectivity index (χ1v) is 10.8. The molecule has 2 aliphatic rings. The molecule has 0 aromatic heterocycles. The van der Waals surface area contributed by atoms with E-state index < -0.39 is 21.0 Å². The first-order valence-electron chi connectivity index (χ1n) is 9.39. The molecule has 9 heteroatoms. The van der Waals surface area contributed by atoms with Crippen molar-refractivity contribution < 1.29 is 18.1 Å². The van der Waals surface area contributed by atoms with Gasteiger partial charge in [0.1, 0.15) is 6.04 Å². The van der Waals surface area contributed by atoms with Crippen molar-refractivity contribution in [2.75, 3.05) is 13.1 Å². The molecule has 0 saturated carbocycles. The minimum atomic E-state index is -3.99. The van der Waals surface area contributed by atoms with Crippen LogP contribution in [0, 0.1) is 10.1 Å². The van der Waals surface area contributed by atoms with E-state index in [-0.39, 0.29) is 29.1 Å². The summed E-state index contributed by atoms with van der Waals surface area (Å²) in [6.07, 6.45) is 4.88. The lowest BCUT2D eigenvalue weighted by Crippen LogP contribution is -2.55. The second-order valence-electron chi connectivity index (χ2n) is 7.26. The monoisotopic (exact) mass is 395 g/mol. The molecule has 2 heterocycles. The number of nitro benzene ring substituents is 1. The summed E-state index contributed by atoms with van der Waals surface area (Å²) < 4.78 is 27.6. The third-order valence-corrected chi connectivity index (χ3v) is 7.36. The van der Waals surface area contributed by atoms with Gasteiger partial charge in [-0.1, -0.05) is 12.5 Å². The molecule has 1 aromatic carbocycles. The van der Waals surface area contributed by atoms with Gasteiger partial charge in [0.05, 0.1) is 9.82 Å². The number of nitro groups is 1. The number of non-ortho nitro benzene ring substituents is 1. The van der Waals surface area contributed by atoms with Gasteiger partial charge >= 0.3 is 0 Å². The number of hydrogen-bond acceptors (Lipinski definition) is 5. The zero-order valence-electron chi connectivity index (χ0n) is 15.4. The highest BCUT2D eigenvalue weighted by Crippen LogP contribution is 2.29. The maximum atomic E-state index is 13.2. The van der Waals surface area contributed by atoms with E-state index in [4.69, 9.17) is 0 Å². The summed E-state index contributed by atoms with van der Waals surface area (Å²) >= 11 is 0. The molecule has 0 N–H and O–H groups in total. The Morgan fingerprint density at radius 1 is 1.15 bits per heavy atom. The molecule has 0 unspecified atom stereocenters. The summed E-state index contributed by atoms with van der Waals surface area (Å²) in [4.78, 5) is 25.2. The largest absolute Gasteiger partial charge is 0.339 e. The summed E-state index contributed by atoms with van der Waals surface area (Å²) in [7, 11) is -3.99. The van der Waals surface area contributed by atoms with E-state index in [1.165, 1.54) is 22.5 Å². The van der Waals surface area contributed by atoms with Gasteiger partial charge in [-0.15, -0.1) is 0 Å². The summed E-state index contributed by atoms with van der Waals surface area (Å²) in [6.45, 7) is 2.91. The second kappa shape index (κ2) is 7.93. The number of sulfonamides is 1. The maximum absolute atomic E-state index is 13.2. The maximum Gasteiger partial charge on any atom is 0.270 e. The van der Waals surface area contributed by atoms with Crippen molar-refractivity contribution in [2.45, 2.75) is 62.4 Å². The molecule has 2 fully saturated rings. The third kappa shape index (κ3) is 3.98. The summed E-state index contributed by atoms with van der Waals surface area (Å²) in [5, 5.41) is 11.0. The van der Waals surface area contributed by atoms with Crippen LogP contribution < -0.4 is 0 Å². The van der Waals surface area contributed by atoms with E-state index >= 15 is 0 Å². The standard InChI is InChI=1S/C18H25N3O5S/c1-14-7-2-4-11-19(14)18(22)17-10-3-5-12-20(17)27(25,26)16-9-6-8-15(13-16)21(23)24/h6,8-9,13-14,17H,2-5,7,10-12H2,1H3/t14-,17-/m0/s1. The topological polar surface area (TPSA) is 101 Å². The lowest BCUT2D eigenvalue weighted by Gasteiger charge is -2.40. The fourth-order valence-corrected chi connectivity index (χ4v) is 5.64. The number of amides is 1. The van der Waals surface area contributed by atoms with Gasteiger partial charge in [0.2, 0.25) is 15.9 Å². The van der Waals surface area contributed by atoms with Gasteiger partial charge in [-0.2, -0.15) is 4.31 Å². The number of nitrogens with zero attached hydrogens (tertiary/aromatic N) is 3. The number of piperidine rings is 2. The molecule has 8 nitrogen and oxygen atoms in total. The van der Waals surface area contributed by atoms with Gasteiger partial charge in [0, 0.05) is 31.3 Å². The fourth-order valence-electron chi connectivity index (χ4n) is 3.95. The summed E-state index contributed by atoms with van der Waals surface area (Å²) in [5.74, 6) is -0.143. The lowest BCUT2D eigenvalue weighted by atomic mass is 9.99. The molecule has 1 aromatic rings. The Kier molecular flexibility index (Phi) is 5.81. The van der Waals surface area contributed by atoms with Crippen molar-refractivity contribution in [1.29, 1.82) is 0 Å². The number of carbonyl (C=O) groups is 1. The third-order valence-electron chi connectivity index (χ3n) is 5.46. The van der Waals surface area contributed by atoms with E-state index in [0.717, 1.165) is 31.7 Å². The Morgan fingerprint density at radius 3 is 2.56 bits per heavy atom. The lowest BCUT2D eigenvalue weighted by molar-refractivity contribution is -0.385. The van der Waals surface area contributed by atoms with Crippen LogP contribution in [-0.4, -0.2) is 53.6 Å². The van der Waals surface area contributed by atoms with E-state index in [9.17, 15) is 23.3 Å². The highest BCUT2D eigenvalue weighted by atomic mass is 32.2. The highest BCUT2D eigenvalue weighted by molar-refractivity contribution is 7.89. The Balaban J connectivity index is 1.91. The van der Waals surface area contributed by atoms with Crippen molar-refractivity contribution in [3.05, 3.63) is 34.4 Å². The number of likely N-dealkylation sites (tertiary alicyclic amines) is 1. The Hall–Kier alpha value is -2.00. The van der Waals surface area contributed by atoms with E-state index in [1.54, 1.807) is 4.90 Å². The molecule has 0 spiro atoms. The Bertz CT molecular complexity index is 826. The number of benzene rings is 1. The van der Waals surface area contributed by atoms with Crippen LogP contribution in [0.2, 0.25) is 0 Å². The van der Waals surface area contributed by atoms with Crippen LogP contribution in [0.5, 0.6) is 0 Å². The average molecular weight is 395 g/mol. The van der Waals surface area contributed by atoms with Crippen molar-refractivity contribution in [1.82, 2.24) is 9.21 Å². The van der Waals surface area contributed by atoms with Crippen molar-refractivity contribution >= 4 is 21.6 Å². The zero-order chi connectivity index (χ0) is 19.6. The predicted molar refractivity (Wildman–Crippen MR) is 99.7 cm³/mol. The molecule has 0 bridgehead atoms. The molecular formula is C18H25N3O5S. The Labute approximate surface area is 159 Å². The van der Waals surface area contributed by atoms with Crippen LogP contribution in [0.1, 0.15) is 45.4 Å². The van der Waals surface area contributed by atoms with Crippen molar-refractivity contribution in [2.24, 2.45) is 0 Å². The van der Waals surface area contributed by atoms with E-state index in [2.05, 4.69) is 0 Å². The van der Waals surface area contributed by atoms with Crippen molar-refractivity contribution in [3.63, 3.8) is 0 Å². The van der Waals surface area contributed by atoms with Crippen LogP contribution in [0.4, 0.5) is 5.69 Å². The second-order valence-corrected chi connectivity index (χ2v) is 9.15. The van der Waals surface area contributed by atoms with Gasteiger partial charge in [0.25, 0.3) is 5.69 Å². The first-order chi connectivity index (χ1) is 12.8. The SMILES string of the molecule is C[C@H]1CCCCN1C(=O)[C@@H]1CCCCN1S(=O)(=O)c1cccc([N+](=O)[O-])c1. The van der Waals surface area contributed by atoms with Gasteiger partial charge in [0.15, 0.2) is 0 Å². The minimum absolute atomic E-state index is 0.107. The zero-order valence-corrected chi connectivity index (χ0v) is 16.2.